The zero-order valence-electron chi connectivity index (χ0n) is 12.8. The molecule has 0 amide bonds. The van der Waals surface area contributed by atoms with Crippen molar-refractivity contribution in [2.24, 2.45) is 0 Å². The minimum absolute atomic E-state index is 0.322. The normalized spacial score (nSPS) is 14.0. The Hall–Kier alpha value is -2.29. The van der Waals surface area contributed by atoms with Crippen molar-refractivity contribution < 1.29 is 15.0 Å². The topological polar surface area (TPSA) is 57.5 Å². The molecule has 118 valence electrons. The van der Waals surface area contributed by atoms with Gasteiger partial charge in [0.05, 0.1) is 0 Å². The van der Waals surface area contributed by atoms with Gasteiger partial charge in [-0.1, -0.05) is 49.6 Å². The maximum Gasteiger partial charge on any atom is 0.115 e. The summed E-state index contributed by atoms with van der Waals surface area (Å²) in [5.41, 5.74) is 1.40. The summed E-state index contributed by atoms with van der Waals surface area (Å²) in [5, 5.41) is 17.8. The molecular weight excluding hydrogens is 276 g/mol. The maximum absolute atomic E-state index is 9.16. The van der Waals surface area contributed by atoms with Crippen LogP contribution in [0.3, 0.4) is 0 Å². The molecule has 3 heteroatoms. The Labute approximate surface area is 132 Å². The van der Waals surface area contributed by atoms with Crippen LogP contribution < -0.4 is 0 Å². The molecule has 2 aromatic rings. The van der Waals surface area contributed by atoms with E-state index in [1.807, 2.05) is 12.9 Å². The number of hydrogen-bond acceptors (Lipinski definition) is 3. The second kappa shape index (κ2) is 10.4. The zero-order valence-corrected chi connectivity index (χ0v) is 12.8. The summed E-state index contributed by atoms with van der Waals surface area (Å²) < 4.78 is 0. The summed E-state index contributed by atoms with van der Waals surface area (Å²) in [5.74, 6) is 1.44. The highest BCUT2D eigenvalue weighted by Gasteiger charge is 2.14. The van der Waals surface area contributed by atoms with Crippen molar-refractivity contribution in [3.05, 3.63) is 60.2 Å². The molecule has 0 spiro atoms. The Kier molecular flexibility index (Phi) is 8.43. The average molecular weight is 300 g/mol. The fraction of sp³-hybridized carbons (Fsp3) is 0.316. The number of carbonyl (C=O) groups excluding carboxylic acids is 1. The van der Waals surface area contributed by atoms with Crippen molar-refractivity contribution in [3.8, 4) is 11.5 Å². The third kappa shape index (κ3) is 6.44. The third-order valence-corrected chi connectivity index (χ3v) is 3.73. The SMILES string of the molecule is C=O.Oc1ccc(C2CCCCC2)cc1.Oc1ccccc1. The zero-order chi connectivity index (χ0) is 16.2. The molecule has 1 aliphatic rings. The summed E-state index contributed by atoms with van der Waals surface area (Å²) >= 11 is 0. The lowest BCUT2D eigenvalue weighted by atomic mass is 9.84. The minimum Gasteiger partial charge on any atom is -0.508 e. The molecule has 22 heavy (non-hydrogen) atoms. The van der Waals surface area contributed by atoms with Crippen molar-refractivity contribution in [2.45, 2.75) is 38.0 Å². The van der Waals surface area contributed by atoms with Crippen LogP contribution in [-0.4, -0.2) is 17.0 Å². The van der Waals surface area contributed by atoms with Crippen LogP contribution in [0.5, 0.6) is 11.5 Å². The van der Waals surface area contributed by atoms with Gasteiger partial charge in [0.15, 0.2) is 0 Å². The van der Waals surface area contributed by atoms with Crippen LogP contribution in [0.4, 0.5) is 0 Å². The highest BCUT2D eigenvalue weighted by atomic mass is 16.3. The number of hydrogen-bond donors (Lipinski definition) is 2. The van der Waals surface area contributed by atoms with E-state index in [1.54, 1.807) is 36.4 Å². The number of benzene rings is 2. The van der Waals surface area contributed by atoms with Gasteiger partial charge in [-0.25, -0.2) is 0 Å². The van der Waals surface area contributed by atoms with Crippen LogP contribution in [0.15, 0.2) is 54.6 Å². The van der Waals surface area contributed by atoms with Crippen LogP contribution in [0, 0.1) is 0 Å². The largest absolute Gasteiger partial charge is 0.508 e. The van der Waals surface area contributed by atoms with Gasteiger partial charge < -0.3 is 15.0 Å². The molecule has 0 aromatic heterocycles. The predicted molar refractivity (Wildman–Crippen MR) is 89.2 cm³/mol. The first-order valence-corrected chi connectivity index (χ1v) is 7.57. The van der Waals surface area contributed by atoms with Gasteiger partial charge in [-0.3, -0.25) is 0 Å². The van der Waals surface area contributed by atoms with E-state index in [-0.39, 0.29) is 0 Å². The number of phenols is 2. The first-order valence-electron chi connectivity index (χ1n) is 7.57. The van der Waals surface area contributed by atoms with Crippen molar-refractivity contribution in [2.75, 3.05) is 0 Å². The van der Waals surface area contributed by atoms with Gasteiger partial charge in [-0.05, 0) is 48.6 Å². The Morgan fingerprint density at radius 1 is 0.727 bits per heavy atom. The van der Waals surface area contributed by atoms with Crippen LogP contribution in [-0.2, 0) is 4.79 Å². The molecule has 3 rings (SSSR count). The van der Waals surface area contributed by atoms with Crippen LogP contribution in [0.2, 0.25) is 0 Å². The fourth-order valence-electron chi connectivity index (χ4n) is 2.61. The number of phenolic OH excluding ortho intramolecular Hbond substituents is 2. The lowest BCUT2D eigenvalue weighted by Gasteiger charge is -2.21. The van der Waals surface area contributed by atoms with E-state index < -0.39 is 0 Å². The van der Waals surface area contributed by atoms with E-state index in [4.69, 9.17) is 15.0 Å². The molecular formula is C19H24O3. The standard InChI is InChI=1S/C12H16O.C6H6O.CH2O/c13-12-8-6-11(7-9-12)10-4-2-1-3-5-10;7-6-4-2-1-3-5-6;1-2/h6-10,13H,1-5H2;1-5,7H;1H2. The van der Waals surface area contributed by atoms with E-state index in [0.29, 0.717) is 11.5 Å². The average Bonchev–Trinajstić information content (AvgIpc) is 2.59. The van der Waals surface area contributed by atoms with Crippen molar-refractivity contribution in [1.29, 1.82) is 0 Å². The quantitative estimate of drug-likeness (QED) is 0.806. The number of aromatic hydroxyl groups is 2. The summed E-state index contributed by atoms with van der Waals surface area (Å²) in [6, 6.07) is 16.4. The van der Waals surface area contributed by atoms with Crippen molar-refractivity contribution in [1.82, 2.24) is 0 Å². The molecule has 0 aliphatic heterocycles. The summed E-state index contributed by atoms with van der Waals surface area (Å²) in [6.45, 7) is 2.00. The highest BCUT2D eigenvalue weighted by molar-refractivity contribution is 5.28. The van der Waals surface area contributed by atoms with Gasteiger partial charge in [-0.15, -0.1) is 0 Å². The van der Waals surface area contributed by atoms with Gasteiger partial charge in [-0.2, -0.15) is 0 Å². The Morgan fingerprint density at radius 2 is 1.23 bits per heavy atom. The van der Waals surface area contributed by atoms with E-state index in [2.05, 4.69) is 12.1 Å². The minimum atomic E-state index is 0.322. The number of carbonyl (C=O) groups is 1. The molecule has 0 heterocycles. The molecule has 0 atom stereocenters. The molecule has 0 bridgehead atoms. The Morgan fingerprint density at radius 3 is 1.68 bits per heavy atom. The van der Waals surface area contributed by atoms with Gasteiger partial charge in [0.2, 0.25) is 0 Å². The molecule has 3 nitrogen and oxygen atoms in total. The second-order valence-corrected chi connectivity index (χ2v) is 5.26. The molecule has 1 fully saturated rings. The molecule has 1 aliphatic carbocycles. The first-order chi connectivity index (χ1) is 10.8. The lowest BCUT2D eigenvalue weighted by molar-refractivity contribution is -0.0979. The fourth-order valence-corrected chi connectivity index (χ4v) is 2.61. The number of para-hydroxylation sites is 1. The third-order valence-electron chi connectivity index (χ3n) is 3.73. The van der Waals surface area contributed by atoms with Crippen LogP contribution >= 0.6 is 0 Å². The summed E-state index contributed by atoms with van der Waals surface area (Å²) in [7, 11) is 0. The number of rotatable bonds is 1. The molecule has 1 saturated carbocycles. The van der Waals surface area contributed by atoms with E-state index >= 15 is 0 Å². The Bertz CT molecular complexity index is 502. The molecule has 2 N–H and O–H groups in total. The van der Waals surface area contributed by atoms with Gasteiger partial charge in [0.1, 0.15) is 18.3 Å². The first kappa shape index (κ1) is 17.8. The van der Waals surface area contributed by atoms with E-state index in [1.165, 1.54) is 37.7 Å². The van der Waals surface area contributed by atoms with Crippen LogP contribution in [0.25, 0.3) is 0 Å². The smallest absolute Gasteiger partial charge is 0.115 e. The predicted octanol–water partition coefficient (Wildman–Crippen LogP) is 4.65. The van der Waals surface area contributed by atoms with Crippen LogP contribution in [0.1, 0.15) is 43.6 Å². The molecule has 0 saturated heterocycles. The van der Waals surface area contributed by atoms with Gasteiger partial charge >= 0.3 is 0 Å². The molecule has 0 radical (unpaired) electrons. The monoisotopic (exact) mass is 300 g/mol. The summed E-state index contributed by atoms with van der Waals surface area (Å²) in [4.78, 5) is 8.00. The van der Waals surface area contributed by atoms with Gasteiger partial charge in [0.25, 0.3) is 0 Å². The maximum atomic E-state index is 9.16. The highest BCUT2D eigenvalue weighted by Crippen LogP contribution is 2.32. The van der Waals surface area contributed by atoms with E-state index in [0.717, 1.165) is 5.92 Å². The van der Waals surface area contributed by atoms with Crippen molar-refractivity contribution in [3.63, 3.8) is 0 Å². The van der Waals surface area contributed by atoms with E-state index in [9.17, 15) is 0 Å². The van der Waals surface area contributed by atoms with Crippen molar-refractivity contribution >= 4 is 6.79 Å². The Balaban J connectivity index is 0.000000228. The molecule has 0 unspecified atom stereocenters. The lowest BCUT2D eigenvalue weighted by Crippen LogP contribution is -2.03. The summed E-state index contributed by atoms with van der Waals surface area (Å²) in [6.07, 6.45) is 6.78. The van der Waals surface area contributed by atoms with Gasteiger partial charge in [0, 0.05) is 0 Å². The molecule has 2 aromatic carbocycles. The second-order valence-electron chi connectivity index (χ2n) is 5.26.